The molecule has 4 aromatic rings. The number of benzene rings is 2. The molecule has 5 rings (SSSR count). The topological polar surface area (TPSA) is 67.6 Å². The SMILES string of the molecule is O=c1cc(OCCCN2CCC(NCc3ccc(F)c(F)c3)CC2)c2ccc(-c3cccnc3)cc2o1. The van der Waals surface area contributed by atoms with E-state index < -0.39 is 17.3 Å². The van der Waals surface area contributed by atoms with Gasteiger partial charge in [0.15, 0.2) is 11.6 Å². The number of pyridine rings is 1. The van der Waals surface area contributed by atoms with Crippen LogP contribution in [0.5, 0.6) is 5.75 Å². The third-order valence-electron chi connectivity index (χ3n) is 6.74. The summed E-state index contributed by atoms with van der Waals surface area (Å²) in [4.78, 5) is 18.7. The van der Waals surface area contributed by atoms with Gasteiger partial charge in [0.25, 0.3) is 0 Å². The van der Waals surface area contributed by atoms with Crippen LogP contribution in [0.3, 0.4) is 0 Å². The van der Waals surface area contributed by atoms with Crippen LogP contribution >= 0.6 is 0 Å². The van der Waals surface area contributed by atoms with E-state index in [-0.39, 0.29) is 0 Å². The summed E-state index contributed by atoms with van der Waals surface area (Å²) in [6.45, 7) is 3.85. The quantitative estimate of drug-likeness (QED) is 0.251. The zero-order valence-electron chi connectivity index (χ0n) is 20.5. The smallest absolute Gasteiger partial charge is 0.339 e. The van der Waals surface area contributed by atoms with Gasteiger partial charge in [-0.05, 0) is 73.8 Å². The van der Waals surface area contributed by atoms with Crippen molar-refractivity contribution < 1.29 is 17.9 Å². The predicted octanol–water partition coefficient (Wildman–Crippen LogP) is 5.16. The zero-order chi connectivity index (χ0) is 25.6. The molecule has 1 aliphatic rings. The number of ether oxygens (including phenoxy) is 1. The molecule has 0 radical (unpaired) electrons. The molecule has 0 atom stereocenters. The van der Waals surface area contributed by atoms with E-state index in [4.69, 9.17) is 9.15 Å². The molecule has 0 spiro atoms. The highest BCUT2D eigenvalue weighted by Crippen LogP contribution is 2.28. The summed E-state index contributed by atoms with van der Waals surface area (Å²) in [5.74, 6) is -1.10. The lowest BCUT2D eigenvalue weighted by Gasteiger charge is -2.32. The van der Waals surface area contributed by atoms with Crippen LogP contribution in [-0.4, -0.2) is 42.2 Å². The molecule has 2 aromatic carbocycles. The number of aromatic nitrogens is 1. The Balaban J connectivity index is 1.08. The molecule has 0 unspecified atom stereocenters. The van der Waals surface area contributed by atoms with Crippen molar-refractivity contribution in [3.8, 4) is 16.9 Å². The molecule has 8 heteroatoms. The fourth-order valence-electron chi connectivity index (χ4n) is 4.71. The molecule has 0 saturated carbocycles. The molecular formula is C29H29F2N3O3. The molecule has 37 heavy (non-hydrogen) atoms. The molecule has 0 bridgehead atoms. The molecule has 192 valence electrons. The number of halogens is 2. The van der Waals surface area contributed by atoms with Gasteiger partial charge < -0.3 is 19.4 Å². The third kappa shape index (κ3) is 6.39. The van der Waals surface area contributed by atoms with Gasteiger partial charge in [0.1, 0.15) is 11.3 Å². The summed E-state index contributed by atoms with van der Waals surface area (Å²) in [5.41, 5.74) is 2.66. The van der Waals surface area contributed by atoms with Crippen LogP contribution in [0.1, 0.15) is 24.8 Å². The minimum atomic E-state index is -0.820. The van der Waals surface area contributed by atoms with Gasteiger partial charge in [-0.25, -0.2) is 13.6 Å². The van der Waals surface area contributed by atoms with E-state index in [1.165, 1.54) is 18.2 Å². The van der Waals surface area contributed by atoms with Crippen molar-refractivity contribution in [2.24, 2.45) is 0 Å². The summed E-state index contributed by atoms with van der Waals surface area (Å²) in [6, 6.07) is 15.3. The highest BCUT2D eigenvalue weighted by molar-refractivity contribution is 5.87. The number of fused-ring (bicyclic) bond motifs is 1. The van der Waals surface area contributed by atoms with Gasteiger partial charge in [0, 0.05) is 37.1 Å². The normalized spacial score (nSPS) is 14.8. The Morgan fingerprint density at radius 2 is 1.89 bits per heavy atom. The predicted molar refractivity (Wildman–Crippen MR) is 138 cm³/mol. The zero-order valence-corrected chi connectivity index (χ0v) is 20.5. The second-order valence-electron chi connectivity index (χ2n) is 9.33. The van der Waals surface area contributed by atoms with Crippen molar-refractivity contribution in [3.63, 3.8) is 0 Å². The summed E-state index contributed by atoms with van der Waals surface area (Å²) in [5, 5.41) is 4.21. The Morgan fingerprint density at radius 1 is 1.03 bits per heavy atom. The Hall–Kier alpha value is -3.62. The molecule has 2 aromatic heterocycles. The van der Waals surface area contributed by atoms with Crippen LogP contribution < -0.4 is 15.7 Å². The number of nitrogens with zero attached hydrogens (tertiary/aromatic N) is 2. The van der Waals surface area contributed by atoms with Crippen LogP contribution in [0.15, 0.2) is 76.2 Å². The molecular weight excluding hydrogens is 476 g/mol. The number of hydrogen-bond acceptors (Lipinski definition) is 6. The minimum Gasteiger partial charge on any atom is -0.492 e. The van der Waals surface area contributed by atoms with Gasteiger partial charge >= 0.3 is 5.63 Å². The largest absolute Gasteiger partial charge is 0.492 e. The number of nitrogens with one attached hydrogen (secondary N) is 1. The lowest BCUT2D eigenvalue weighted by Crippen LogP contribution is -2.42. The Bertz CT molecular complexity index is 1400. The minimum absolute atomic E-state index is 0.354. The first kappa shape index (κ1) is 25.0. The first-order valence-corrected chi connectivity index (χ1v) is 12.6. The van der Waals surface area contributed by atoms with Crippen LogP contribution in [0.25, 0.3) is 22.1 Å². The van der Waals surface area contributed by atoms with E-state index in [9.17, 15) is 13.6 Å². The maximum atomic E-state index is 13.4. The van der Waals surface area contributed by atoms with Crippen molar-refractivity contribution in [1.29, 1.82) is 0 Å². The van der Waals surface area contributed by atoms with Crippen LogP contribution in [0, 0.1) is 11.6 Å². The van der Waals surface area contributed by atoms with Crippen molar-refractivity contribution in [1.82, 2.24) is 15.2 Å². The van der Waals surface area contributed by atoms with E-state index in [0.717, 1.165) is 61.0 Å². The maximum Gasteiger partial charge on any atom is 0.339 e. The van der Waals surface area contributed by atoms with Gasteiger partial charge in [0.05, 0.1) is 18.1 Å². The Labute approximate surface area is 213 Å². The first-order chi connectivity index (χ1) is 18.0. The first-order valence-electron chi connectivity index (χ1n) is 12.6. The molecule has 6 nitrogen and oxygen atoms in total. The monoisotopic (exact) mass is 505 g/mol. The van der Waals surface area contributed by atoms with E-state index >= 15 is 0 Å². The average molecular weight is 506 g/mol. The number of piperidine rings is 1. The standard InChI is InChI=1S/C29H29F2N3O3/c30-25-7-4-20(15-26(25)31)18-33-23-8-12-34(13-9-23)11-2-14-36-27-17-29(35)37-28-16-21(5-6-24(27)28)22-3-1-10-32-19-22/h1,3-7,10,15-17,19,23,33H,2,8-9,11-14,18H2. The highest BCUT2D eigenvalue weighted by atomic mass is 19.2. The summed E-state index contributed by atoms with van der Waals surface area (Å²) in [7, 11) is 0. The Kier molecular flexibility index (Phi) is 7.87. The van der Waals surface area contributed by atoms with Crippen LogP contribution in [0.4, 0.5) is 8.78 Å². The molecule has 3 heterocycles. The van der Waals surface area contributed by atoms with Crippen LogP contribution in [0.2, 0.25) is 0 Å². The van der Waals surface area contributed by atoms with Crippen molar-refractivity contribution in [3.05, 3.63) is 94.6 Å². The maximum absolute atomic E-state index is 13.4. The number of rotatable bonds is 9. The average Bonchev–Trinajstić information content (AvgIpc) is 2.92. The molecule has 0 aliphatic carbocycles. The molecule has 1 N–H and O–H groups in total. The summed E-state index contributed by atoms with van der Waals surface area (Å²) in [6.07, 6.45) is 6.31. The Morgan fingerprint density at radius 3 is 2.68 bits per heavy atom. The fraction of sp³-hybridized carbons (Fsp3) is 0.310. The van der Waals surface area contributed by atoms with Gasteiger partial charge in [-0.1, -0.05) is 18.2 Å². The van der Waals surface area contributed by atoms with E-state index in [1.54, 1.807) is 18.5 Å². The van der Waals surface area contributed by atoms with E-state index in [0.29, 0.717) is 30.5 Å². The lowest BCUT2D eigenvalue weighted by atomic mass is 10.0. The summed E-state index contributed by atoms with van der Waals surface area (Å²) < 4.78 is 37.9. The molecule has 1 fully saturated rings. The van der Waals surface area contributed by atoms with E-state index in [1.807, 2.05) is 30.3 Å². The van der Waals surface area contributed by atoms with E-state index in [2.05, 4.69) is 15.2 Å². The number of likely N-dealkylation sites (tertiary alicyclic amines) is 1. The third-order valence-corrected chi connectivity index (χ3v) is 6.74. The molecule has 0 amide bonds. The van der Waals surface area contributed by atoms with Crippen molar-refractivity contribution >= 4 is 11.0 Å². The second kappa shape index (κ2) is 11.6. The molecule has 1 saturated heterocycles. The van der Waals surface area contributed by atoms with Crippen molar-refractivity contribution in [2.45, 2.75) is 31.8 Å². The van der Waals surface area contributed by atoms with Crippen LogP contribution in [-0.2, 0) is 6.54 Å². The highest BCUT2D eigenvalue weighted by Gasteiger charge is 2.19. The summed E-state index contributed by atoms with van der Waals surface area (Å²) >= 11 is 0. The lowest BCUT2D eigenvalue weighted by molar-refractivity contribution is 0.182. The van der Waals surface area contributed by atoms with Gasteiger partial charge in [-0.3, -0.25) is 4.98 Å². The van der Waals surface area contributed by atoms with Gasteiger partial charge in [0.2, 0.25) is 0 Å². The van der Waals surface area contributed by atoms with Crippen molar-refractivity contribution in [2.75, 3.05) is 26.2 Å². The molecule has 1 aliphatic heterocycles. The van der Waals surface area contributed by atoms with Gasteiger partial charge in [-0.2, -0.15) is 0 Å². The van der Waals surface area contributed by atoms with Gasteiger partial charge in [-0.15, -0.1) is 0 Å². The number of hydrogen-bond donors (Lipinski definition) is 1. The second-order valence-corrected chi connectivity index (χ2v) is 9.33. The fourth-order valence-corrected chi connectivity index (χ4v) is 4.71.